The van der Waals surface area contributed by atoms with Crippen LogP contribution in [0.3, 0.4) is 0 Å². The summed E-state index contributed by atoms with van der Waals surface area (Å²) >= 11 is 5.80. The molecule has 0 spiro atoms. The lowest BCUT2D eigenvalue weighted by molar-refractivity contribution is -0.384. The van der Waals surface area contributed by atoms with Crippen molar-refractivity contribution < 1.29 is 14.5 Å². The van der Waals surface area contributed by atoms with E-state index in [0.29, 0.717) is 13.2 Å². The average molecular weight is 315 g/mol. The zero-order chi connectivity index (χ0) is 16.0. The lowest BCUT2D eigenvalue weighted by Crippen LogP contribution is -2.41. The van der Waals surface area contributed by atoms with E-state index in [-0.39, 0.29) is 34.1 Å². The third-order valence-electron chi connectivity index (χ3n) is 3.03. The van der Waals surface area contributed by atoms with Gasteiger partial charge in [-0.1, -0.05) is 25.4 Å². The first kappa shape index (κ1) is 17.4. The fourth-order valence-electron chi connectivity index (χ4n) is 1.69. The second-order valence-electron chi connectivity index (χ2n) is 4.91. The number of hydrogen-bond donors (Lipinski definition) is 1. The highest BCUT2D eigenvalue weighted by molar-refractivity contribution is 6.33. The SMILES string of the molecule is CCOCC(NC(=O)c1ccc([N+](=O)[O-])c(Cl)c1)C(C)C. The Morgan fingerprint density at radius 3 is 2.62 bits per heavy atom. The van der Waals surface area contributed by atoms with E-state index in [2.05, 4.69) is 5.32 Å². The van der Waals surface area contributed by atoms with Gasteiger partial charge < -0.3 is 10.1 Å². The van der Waals surface area contributed by atoms with Crippen LogP contribution >= 0.6 is 11.6 Å². The Bertz CT molecular complexity index is 520. The molecule has 0 fully saturated rings. The Kier molecular flexibility index (Phi) is 6.58. The topological polar surface area (TPSA) is 81.5 Å². The molecule has 0 aromatic heterocycles. The highest BCUT2D eigenvalue weighted by Crippen LogP contribution is 2.25. The predicted octanol–water partition coefficient (Wildman–Crippen LogP) is 3.04. The van der Waals surface area contributed by atoms with Crippen molar-refractivity contribution in [3.63, 3.8) is 0 Å². The summed E-state index contributed by atoms with van der Waals surface area (Å²) in [7, 11) is 0. The van der Waals surface area contributed by atoms with Crippen molar-refractivity contribution in [2.24, 2.45) is 5.92 Å². The molecule has 1 N–H and O–H groups in total. The summed E-state index contributed by atoms with van der Waals surface area (Å²) in [5.41, 5.74) is 0.0655. The van der Waals surface area contributed by atoms with Crippen molar-refractivity contribution in [2.75, 3.05) is 13.2 Å². The first-order chi connectivity index (χ1) is 9.86. The Labute approximate surface area is 128 Å². The molecule has 1 unspecified atom stereocenters. The lowest BCUT2D eigenvalue weighted by atomic mass is 10.0. The van der Waals surface area contributed by atoms with Crippen molar-refractivity contribution in [1.29, 1.82) is 0 Å². The van der Waals surface area contributed by atoms with Crippen LogP contribution in [0.4, 0.5) is 5.69 Å². The number of nitrogens with one attached hydrogen (secondary N) is 1. The van der Waals surface area contributed by atoms with Crippen LogP contribution in [-0.2, 0) is 4.74 Å². The fraction of sp³-hybridized carbons (Fsp3) is 0.500. The van der Waals surface area contributed by atoms with Gasteiger partial charge in [0.1, 0.15) is 5.02 Å². The molecular formula is C14H19ClN2O4. The normalized spacial score (nSPS) is 12.2. The maximum absolute atomic E-state index is 12.2. The minimum Gasteiger partial charge on any atom is -0.380 e. The number of amides is 1. The number of carbonyl (C=O) groups is 1. The monoisotopic (exact) mass is 314 g/mol. The van der Waals surface area contributed by atoms with Crippen molar-refractivity contribution in [3.05, 3.63) is 38.9 Å². The van der Waals surface area contributed by atoms with E-state index < -0.39 is 4.92 Å². The van der Waals surface area contributed by atoms with E-state index in [4.69, 9.17) is 16.3 Å². The number of rotatable bonds is 7. The number of nitrogens with zero attached hydrogens (tertiary/aromatic N) is 1. The van der Waals surface area contributed by atoms with Gasteiger partial charge in [-0.3, -0.25) is 14.9 Å². The van der Waals surface area contributed by atoms with Gasteiger partial charge in [0.25, 0.3) is 11.6 Å². The first-order valence-corrected chi connectivity index (χ1v) is 7.07. The Hall–Kier alpha value is -1.66. The van der Waals surface area contributed by atoms with Crippen LogP contribution in [0.2, 0.25) is 5.02 Å². The summed E-state index contributed by atoms with van der Waals surface area (Å²) in [4.78, 5) is 22.3. The summed E-state index contributed by atoms with van der Waals surface area (Å²) in [6, 6.07) is 3.78. The molecule has 1 atom stereocenters. The zero-order valence-corrected chi connectivity index (χ0v) is 13.0. The minimum atomic E-state index is -0.587. The lowest BCUT2D eigenvalue weighted by Gasteiger charge is -2.22. The summed E-state index contributed by atoms with van der Waals surface area (Å²) in [6.45, 7) is 6.83. The van der Waals surface area contributed by atoms with E-state index in [9.17, 15) is 14.9 Å². The van der Waals surface area contributed by atoms with Gasteiger partial charge in [0.05, 0.1) is 17.6 Å². The number of nitro groups is 1. The number of ether oxygens (including phenoxy) is 1. The molecule has 0 aliphatic rings. The van der Waals surface area contributed by atoms with E-state index in [0.717, 1.165) is 0 Å². The maximum Gasteiger partial charge on any atom is 0.287 e. The van der Waals surface area contributed by atoms with Crippen molar-refractivity contribution in [3.8, 4) is 0 Å². The zero-order valence-electron chi connectivity index (χ0n) is 12.3. The van der Waals surface area contributed by atoms with Crippen LogP contribution in [0.25, 0.3) is 0 Å². The van der Waals surface area contributed by atoms with Gasteiger partial charge in [-0.25, -0.2) is 0 Å². The average Bonchev–Trinajstić information content (AvgIpc) is 2.42. The molecule has 0 radical (unpaired) electrons. The molecular weight excluding hydrogens is 296 g/mol. The second-order valence-corrected chi connectivity index (χ2v) is 5.31. The highest BCUT2D eigenvalue weighted by Gasteiger charge is 2.19. The second kappa shape index (κ2) is 7.95. The molecule has 116 valence electrons. The van der Waals surface area contributed by atoms with Gasteiger partial charge in [-0.05, 0) is 25.0 Å². The molecule has 0 heterocycles. The summed E-state index contributed by atoms with van der Waals surface area (Å²) < 4.78 is 5.34. The number of carbonyl (C=O) groups excluding carboxylic acids is 1. The molecule has 1 rings (SSSR count). The summed E-state index contributed by atoms with van der Waals surface area (Å²) in [6.07, 6.45) is 0. The number of halogens is 1. The smallest absolute Gasteiger partial charge is 0.287 e. The summed E-state index contributed by atoms with van der Waals surface area (Å²) in [5, 5.41) is 13.5. The molecule has 1 aromatic rings. The number of benzene rings is 1. The van der Waals surface area contributed by atoms with Gasteiger partial charge in [0, 0.05) is 18.2 Å². The quantitative estimate of drug-likeness (QED) is 0.619. The van der Waals surface area contributed by atoms with E-state index in [1.807, 2.05) is 20.8 Å². The van der Waals surface area contributed by atoms with Crippen LogP contribution in [0.1, 0.15) is 31.1 Å². The maximum atomic E-state index is 12.2. The largest absolute Gasteiger partial charge is 0.380 e. The molecule has 6 nitrogen and oxygen atoms in total. The molecule has 21 heavy (non-hydrogen) atoms. The standard InChI is InChI=1S/C14H19ClN2O4/c1-4-21-8-12(9(2)3)16-14(18)10-5-6-13(17(19)20)11(15)7-10/h5-7,9,12H,4,8H2,1-3H3,(H,16,18). The number of nitro benzene ring substituents is 1. The molecule has 0 aliphatic heterocycles. The Morgan fingerprint density at radius 1 is 1.48 bits per heavy atom. The van der Waals surface area contributed by atoms with Gasteiger partial charge in [0.2, 0.25) is 0 Å². The van der Waals surface area contributed by atoms with Gasteiger partial charge >= 0.3 is 0 Å². The third-order valence-corrected chi connectivity index (χ3v) is 3.33. The van der Waals surface area contributed by atoms with Crippen LogP contribution in [0.5, 0.6) is 0 Å². The predicted molar refractivity (Wildman–Crippen MR) is 80.7 cm³/mol. The van der Waals surface area contributed by atoms with Crippen molar-refractivity contribution in [2.45, 2.75) is 26.8 Å². The third kappa shape index (κ3) is 4.99. The number of hydrogen-bond acceptors (Lipinski definition) is 4. The van der Waals surface area contributed by atoms with Gasteiger partial charge in [-0.15, -0.1) is 0 Å². The molecule has 0 bridgehead atoms. The van der Waals surface area contributed by atoms with Crippen LogP contribution < -0.4 is 5.32 Å². The fourth-order valence-corrected chi connectivity index (χ4v) is 1.94. The van der Waals surface area contributed by atoms with Crippen molar-refractivity contribution in [1.82, 2.24) is 5.32 Å². The highest BCUT2D eigenvalue weighted by atomic mass is 35.5. The molecule has 0 saturated heterocycles. The van der Waals surface area contributed by atoms with Gasteiger partial charge in [0.15, 0.2) is 0 Å². The van der Waals surface area contributed by atoms with Gasteiger partial charge in [-0.2, -0.15) is 0 Å². The van der Waals surface area contributed by atoms with Crippen LogP contribution in [0, 0.1) is 16.0 Å². The molecule has 7 heteroatoms. The van der Waals surface area contributed by atoms with E-state index in [1.165, 1.54) is 18.2 Å². The molecule has 0 aliphatic carbocycles. The Morgan fingerprint density at radius 2 is 2.14 bits per heavy atom. The Balaban J connectivity index is 2.83. The molecule has 0 saturated carbocycles. The first-order valence-electron chi connectivity index (χ1n) is 6.69. The van der Waals surface area contributed by atoms with E-state index >= 15 is 0 Å². The molecule has 1 amide bonds. The van der Waals surface area contributed by atoms with Crippen LogP contribution in [-0.4, -0.2) is 30.1 Å². The van der Waals surface area contributed by atoms with Crippen LogP contribution in [0.15, 0.2) is 18.2 Å². The summed E-state index contributed by atoms with van der Waals surface area (Å²) in [5.74, 6) is -0.126. The molecule has 1 aromatic carbocycles. The minimum absolute atomic E-state index is 0.0569. The van der Waals surface area contributed by atoms with Crippen molar-refractivity contribution >= 4 is 23.2 Å². The van der Waals surface area contributed by atoms with E-state index in [1.54, 1.807) is 0 Å².